The third-order valence-electron chi connectivity index (χ3n) is 3.87. The van der Waals surface area contributed by atoms with Crippen LogP contribution in [-0.2, 0) is 9.59 Å². The first-order valence-corrected chi connectivity index (χ1v) is 7.94. The van der Waals surface area contributed by atoms with Crippen LogP contribution in [0.3, 0.4) is 0 Å². The molecule has 0 heterocycles. The van der Waals surface area contributed by atoms with Crippen LogP contribution in [0, 0.1) is 11.8 Å². The van der Waals surface area contributed by atoms with Crippen molar-refractivity contribution < 1.29 is 22.8 Å². The Morgan fingerprint density at radius 2 is 1.91 bits per heavy atom. The van der Waals surface area contributed by atoms with Gasteiger partial charge in [-0.05, 0) is 25.2 Å². The van der Waals surface area contributed by atoms with Crippen LogP contribution < -0.4 is 11.1 Å². The molecule has 1 aliphatic carbocycles. The Balaban J connectivity index is 2.51. The van der Waals surface area contributed by atoms with E-state index in [0.717, 1.165) is 0 Å². The SMILES string of the molecule is CC(C)CN(CC(N)=O)CC(=O)N[C@H]1CCC[C@@H](C(F)(F)F)C1. The molecule has 1 rings (SSSR count). The molecule has 0 bridgehead atoms. The van der Waals surface area contributed by atoms with Gasteiger partial charge in [-0.1, -0.05) is 20.3 Å². The first-order valence-electron chi connectivity index (χ1n) is 7.94. The summed E-state index contributed by atoms with van der Waals surface area (Å²) in [7, 11) is 0. The van der Waals surface area contributed by atoms with Crippen molar-refractivity contribution in [1.29, 1.82) is 0 Å². The second-order valence-electron chi connectivity index (χ2n) is 6.70. The number of nitrogens with zero attached hydrogens (tertiary/aromatic N) is 1. The molecule has 1 aliphatic rings. The molecule has 2 amide bonds. The second kappa shape index (κ2) is 8.52. The number of hydrogen-bond donors (Lipinski definition) is 2. The number of carbonyl (C=O) groups excluding carboxylic acids is 2. The molecular weight excluding hydrogens is 311 g/mol. The van der Waals surface area contributed by atoms with Crippen molar-refractivity contribution in [1.82, 2.24) is 10.2 Å². The molecule has 134 valence electrons. The number of hydrogen-bond acceptors (Lipinski definition) is 3. The third-order valence-corrected chi connectivity index (χ3v) is 3.87. The highest BCUT2D eigenvalue weighted by molar-refractivity contribution is 5.80. The molecule has 3 N–H and O–H groups in total. The molecule has 8 heteroatoms. The van der Waals surface area contributed by atoms with E-state index in [9.17, 15) is 22.8 Å². The van der Waals surface area contributed by atoms with Crippen LogP contribution >= 0.6 is 0 Å². The van der Waals surface area contributed by atoms with Gasteiger partial charge in [-0.25, -0.2) is 0 Å². The van der Waals surface area contributed by atoms with E-state index < -0.39 is 24.0 Å². The average molecular weight is 337 g/mol. The monoisotopic (exact) mass is 337 g/mol. The van der Waals surface area contributed by atoms with Crippen molar-refractivity contribution in [2.24, 2.45) is 17.6 Å². The first-order chi connectivity index (χ1) is 10.6. The van der Waals surface area contributed by atoms with Crippen molar-refractivity contribution in [2.45, 2.75) is 51.7 Å². The molecular formula is C15H26F3N3O2. The van der Waals surface area contributed by atoms with Gasteiger partial charge < -0.3 is 11.1 Å². The second-order valence-corrected chi connectivity index (χ2v) is 6.70. The summed E-state index contributed by atoms with van der Waals surface area (Å²) in [5, 5.41) is 2.67. The molecule has 0 aromatic heterocycles. The third kappa shape index (κ3) is 7.67. The molecule has 0 aromatic carbocycles. The largest absolute Gasteiger partial charge is 0.391 e. The van der Waals surface area contributed by atoms with Crippen LogP contribution in [0.4, 0.5) is 13.2 Å². The maximum absolute atomic E-state index is 12.8. The van der Waals surface area contributed by atoms with Crippen LogP contribution in [0.15, 0.2) is 0 Å². The van der Waals surface area contributed by atoms with Crippen LogP contribution in [0.2, 0.25) is 0 Å². The molecule has 0 aliphatic heterocycles. The molecule has 1 fully saturated rings. The summed E-state index contributed by atoms with van der Waals surface area (Å²) in [6.45, 7) is 4.34. The van der Waals surface area contributed by atoms with Gasteiger partial charge >= 0.3 is 6.18 Å². The summed E-state index contributed by atoms with van der Waals surface area (Å²) < 4.78 is 38.3. The van der Waals surface area contributed by atoms with E-state index in [4.69, 9.17) is 5.73 Å². The normalized spacial score (nSPS) is 22.4. The highest BCUT2D eigenvalue weighted by Crippen LogP contribution is 2.37. The molecule has 0 saturated heterocycles. The van der Waals surface area contributed by atoms with Crippen LogP contribution in [0.5, 0.6) is 0 Å². The fraction of sp³-hybridized carbons (Fsp3) is 0.867. The van der Waals surface area contributed by atoms with Gasteiger partial charge in [0, 0.05) is 12.6 Å². The van der Waals surface area contributed by atoms with E-state index in [1.54, 1.807) is 4.90 Å². The van der Waals surface area contributed by atoms with E-state index in [1.165, 1.54) is 0 Å². The molecule has 1 saturated carbocycles. The molecule has 0 radical (unpaired) electrons. The van der Waals surface area contributed by atoms with Gasteiger partial charge in [-0.2, -0.15) is 13.2 Å². The molecule has 0 aromatic rings. The molecule has 23 heavy (non-hydrogen) atoms. The maximum atomic E-state index is 12.8. The summed E-state index contributed by atoms with van der Waals surface area (Å²) in [5.74, 6) is -2.00. The van der Waals surface area contributed by atoms with E-state index in [-0.39, 0.29) is 37.8 Å². The quantitative estimate of drug-likeness (QED) is 0.742. The van der Waals surface area contributed by atoms with Crippen molar-refractivity contribution in [2.75, 3.05) is 19.6 Å². The smallest absolute Gasteiger partial charge is 0.369 e. The van der Waals surface area contributed by atoms with E-state index in [1.807, 2.05) is 13.8 Å². The number of amides is 2. The topological polar surface area (TPSA) is 75.4 Å². The zero-order valence-corrected chi connectivity index (χ0v) is 13.7. The molecule has 5 nitrogen and oxygen atoms in total. The average Bonchev–Trinajstić information content (AvgIpc) is 2.35. The minimum atomic E-state index is -4.21. The predicted molar refractivity (Wildman–Crippen MR) is 80.4 cm³/mol. The number of alkyl halides is 3. The zero-order chi connectivity index (χ0) is 17.6. The van der Waals surface area contributed by atoms with Crippen LogP contribution in [-0.4, -0.2) is 48.6 Å². The van der Waals surface area contributed by atoms with Gasteiger partial charge in [-0.15, -0.1) is 0 Å². The van der Waals surface area contributed by atoms with E-state index >= 15 is 0 Å². The van der Waals surface area contributed by atoms with Crippen LogP contribution in [0.1, 0.15) is 39.5 Å². The molecule has 0 unspecified atom stereocenters. The number of primary amides is 1. The summed E-state index contributed by atoms with van der Waals surface area (Å²) in [5.41, 5.74) is 5.16. The number of halogens is 3. The fourth-order valence-electron chi connectivity index (χ4n) is 3.02. The van der Waals surface area contributed by atoms with E-state index in [2.05, 4.69) is 5.32 Å². The van der Waals surface area contributed by atoms with Gasteiger partial charge in [0.15, 0.2) is 0 Å². The summed E-state index contributed by atoms with van der Waals surface area (Å²) in [4.78, 5) is 24.7. The Morgan fingerprint density at radius 1 is 1.26 bits per heavy atom. The highest BCUT2D eigenvalue weighted by atomic mass is 19.4. The predicted octanol–water partition coefficient (Wildman–Crippen LogP) is 1.67. The van der Waals surface area contributed by atoms with Crippen molar-refractivity contribution in [3.05, 3.63) is 0 Å². The Kier molecular flexibility index (Phi) is 7.31. The molecule has 0 spiro atoms. The standard InChI is InChI=1S/C15H26F3N3O2/c1-10(2)7-21(8-13(19)22)9-14(23)20-12-5-3-4-11(6-12)15(16,17)18/h10-12H,3-9H2,1-2H3,(H2,19,22)(H,20,23)/t11-,12+/m1/s1. The minimum absolute atomic E-state index is 0.0334. The van der Waals surface area contributed by atoms with Gasteiger partial charge in [-0.3, -0.25) is 14.5 Å². The lowest BCUT2D eigenvalue weighted by Crippen LogP contribution is -2.47. The number of nitrogens with two attached hydrogens (primary N) is 1. The van der Waals surface area contributed by atoms with Crippen LogP contribution in [0.25, 0.3) is 0 Å². The van der Waals surface area contributed by atoms with Crippen molar-refractivity contribution in [3.8, 4) is 0 Å². The lowest BCUT2D eigenvalue weighted by atomic mass is 9.85. The summed E-state index contributed by atoms with van der Waals surface area (Å²) in [6.07, 6.45) is -3.16. The maximum Gasteiger partial charge on any atom is 0.391 e. The van der Waals surface area contributed by atoms with Gasteiger partial charge in [0.2, 0.25) is 11.8 Å². The Hall–Kier alpha value is -1.31. The fourth-order valence-corrected chi connectivity index (χ4v) is 3.02. The number of rotatable bonds is 7. The first kappa shape index (κ1) is 19.7. The Labute approximate surface area is 134 Å². The zero-order valence-electron chi connectivity index (χ0n) is 13.7. The minimum Gasteiger partial charge on any atom is -0.369 e. The van der Waals surface area contributed by atoms with Gasteiger partial charge in [0.25, 0.3) is 0 Å². The lowest BCUT2D eigenvalue weighted by molar-refractivity contribution is -0.184. The van der Waals surface area contributed by atoms with Crippen molar-refractivity contribution >= 4 is 11.8 Å². The Morgan fingerprint density at radius 3 is 2.43 bits per heavy atom. The van der Waals surface area contributed by atoms with Crippen molar-refractivity contribution in [3.63, 3.8) is 0 Å². The lowest BCUT2D eigenvalue weighted by Gasteiger charge is -2.31. The van der Waals surface area contributed by atoms with Gasteiger partial charge in [0.05, 0.1) is 19.0 Å². The number of carbonyl (C=O) groups is 2. The summed E-state index contributed by atoms with van der Waals surface area (Å²) >= 11 is 0. The molecule has 2 atom stereocenters. The van der Waals surface area contributed by atoms with Gasteiger partial charge in [0.1, 0.15) is 0 Å². The van der Waals surface area contributed by atoms with E-state index in [0.29, 0.717) is 19.4 Å². The highest BCUT2D eigenvalue weighted by Gasteiger charge is 2.42. The summed E-state index contributed by atoms with van der Waals surface area (Å²) in [6, 6.07) is -0.461. The number of nitrogens with one attached hydrogen (secondary N) is 1. The Bertz CT molecular complexity index is 413.